The van der Waals surface area contributed by atoms with Gasteiger partial charge in [-0.2, -0.15) is 0 Å². The maximum absolute atomic E-state index is 5.65. The van der Waals surface area contributed by atoms with Crippen LogP contribution in [0.5, 0.6) is 0 Å². The van der Waals surface area contributed by atoms with Crippen LogP contribution in [0.4, 0.5) is 0 Å². The summed E-state index contributed by atoms with van der Waals surface area (Å²) in [6.45, 7) is 12.4. The Morgan fingerprint density at radius 2 is 2.19 bits per heavy atom. The molecule has 0 amide bonds. The highest BCUT2D eigenvalue weighted by atomic mass is 16.3. The lowest BCUT2D eigenvalue weighted by atomic mass is 9.89. The molecule has 0 bridgehead atoms. The summed E-state index contributed by atoms with van der Waals surface area (Å²) >= 11 is 0. The molecule has 21 heavy (non-hydrogen) atoms. The van der Waals surface area contributed by atoms with Crippen molar-refractivity contribution in [2.45, 2.75) is 59.5 Å². The number of nitrogens with zero attached hydrogens (tertiary/aromatic N) is 1. The van der Waals surface area contributed by atoms with E-state index in [1.54, 1.807) is 0 Å². The SMILES string of the molecule is CCCNCc1occc1CN1CCCC(C(C)C)CC1. The minimum absolute atomic E-state index is 0.827. The topological polar surface area (TPSA) is 28.4 Å². The van der Waals surface area contributed by atoms with Crippen LogP contribution in [-0.4, -0.2) is 24.5 Å². The molecule has 1 aromatic rings. The molecule has 1 unspecified atom stereocenters. The van der Waals surface area contributed by atoms with E-state index in [2.05, 4.69) is 37.1 Å². The van der Waals surface area contributed by atoms with E-state index in [-0.39, 0.29) is 0 Å². The fourth-order valence-electron chi connectivity index (χ4n) is 3.29. The lowest BCUT2D eigenvalue weighted by Crippen LogP contribution is -2.25. The number of rotatable bonds is 7. The van der Waals surface area contributed by atoms with E-state index in [4.69, 9.17) is 4.42 Å². The van der Waals surface area contributed by atoms with Gasteiger partial charge in [0, 0.05) is 12.1 Å². The summed E-state index contributed by atoms with van der Waals surface area (Å²) < 4.78 is 5.65. The first kappa shape index (κ1) is 16.6. The van der Waals surface area contributed by atoms with Gasteiger partial charge in [0.2, 0.25) is 0 Å². The van der Waals surface area contributed by atoms with Crippen LogP contribution < -0.4 is 5.32 Å². The molecule has 0 spiro atoms. The molecule has 120 valence electrons. The van der Waals surface area contributed by atoms with E-state index < -0.39 is 0 Å². The van der Waals surface area contributed by atoms with E-state index >= 15 is 0 Å². The van der Waals surface area contributed by atoms with Crippen LogP contribution in [0.25, 0.3) is 0 Å². The Labute approximate surface area is 130 Å². The third-order valence-corrected chi connectivity index (χ3v) is 4.75. The number of furan rings is 1. The number of likely N-dealkylation sites (tertiary alicyclic amines) is 1. The summed E-state index contributed by atoms with van der Waals surface area (Å²) in [5.74, 6) is 2.85. The minimum Gasteiger partial charge on any atom is -0.468 e. The predicted octanol–water partition coefficient (Wildman–Crippen LogP) is 4.04. The van der Waals surface area contributed by atoms with E-state index in [0.29, 0.717) is 0 Å². The second-order valence-electron chi connectivity index (χ2n) is 6.76. The molecule has 1 saturated heterocycles. The average Bonchev–Trinajstić information content (AvgIpc) is 2.75. The van der Waals surface area contributed by atoms with Gasteiger partial charge < -0.3 is 9.73 Å². The molecular formula is C18H32N2O. The van der Waals surface area contributed by atoms with Gasteiger partial charge in [0.05, 0.1) is 12.8 Å². The zero-order valence-corrected chi connectivity index (χ0v) is 14.0. The molecule has 1 aliphatic rings. The number of nitrogens with one attached hydrogen (secondary N) is 1. The first-order valence-electron chi connectivity index (χ1n) is 8.69. The molecule has 0 aliphatic carbocycles. The fraction of sp³-hybridized carbons (Fsp3) is 0.778. The zero-order chi connectivity index (χ0) is 15.1. The van der Waals surface area contributed by atoms with Gasteiger partial charge in [-0.15, -0.1) is 0 Å². The third-order valence-electron chi connectivity index (χ3n) is 4.75. The molecule has 1 atom stereocenters. The Morgan fingerprint density at radius 1 is 1.33 bits per heavy atom. The van der Waals surface area contributed by atoms with Crippen molar-refractivity contribution in [3.63, 3.8) is 0 Å². The highest BCUT2D eigenvalue weighted by molar-refractivity contribution is 5.16. The first-order chi connectivity index (χ1) is 10.2. The lowest BCUT2D eigenvalue weighted by Gasteiger charge is -2.21. The second kappa shape index (κ2) is 8.60. The van der Waals surface area contributed by atoms with Crippen molar-refractivity contribution < 1.29 is 4.42 Å². The van der Waals surface area contributed by atoms with E-state index in [1.165, 1.54) is 44.3 Å². The van der Waals surface area contributed by atoms with Gasteiger partial charge in [0.25, 0.3) is 0 Å². The molecule has 1 aliphatic heterocycles. The molecule has 0 saturated carbocycles. The van der Waals surface area contributed by atoms with Crippen molar-refractivity contribution in [3.05, 3.63) is 23.7 Å². The Morgan fingerprint density at radius 3 is 2.95 bits per heavy atom. The van der Waals surface area contributed by atoms with Crippen molar-refractivity contribution in [1.29, 1.82) is 0 Å². The van der Waals surface area contributed by atoms with Crippen LogP contribution >= 0.6 is 0 Å². The Hall–Kier alpha value is -0.800. The fourth-order valence-corrected chi connectivity index (χ4v) is 3.29. The summed E-state index contributed by atoms with van der Waals surface area (Å²) in [5.41, 5.74) is 1.36. The smallest absolute Gasteiger partial charge is 0.122 e. The summed E-state index contributed by atoms with van der Waals surface area (Å²) in [5, 5.41) is 3.44. The van der Waals surface area contributed by atoms with Gasteiger partial charge in [0.1, 0.15) is 5.76 Å². The summed E-state index contributed by atoms with van der Waals surface area (Å²) in [6.07, 6.45) is 7.08. The van der Waals surface area contributed by atoms with Gasteiger partial charge in [0.15, 0.2) is 0 Å². The number of hydrogen-bond acceptors (Lipinski definition) is 3. The summed E-state index contributed by atoms with van der Waals surface area (Å²) in [7, 11) is 0. The Bertz CT molecular complexity index is 400. The molecule has 2 rings (SSSR count). The number of hydrogen-bond donors (Lipinski definition) is 1. The van der Waals surface area contributed by atoms with Crippen molar-refractivity contribution in [1.82, 2.24) is 10.2 Å². The van der Waals surface area contributed by atoms with Crippen molar-refractivity contribution in [2.24, 2.45) is 11.8 Å². The van der Waals surface area contributed by atoms with Crippen LogP contribution in [0.2, 0.25) is 0 Å². The van der Waals surface area contributed by atoms with E-state index in [9.17, 15) is 0 Å². The Balaban J connectivity index is 1.85. The molecule has 3 heteroatoms. The molecule has 0 radical (unpaired) electrons. The van der Waals surface area contributed by atoms with Crippen LogP contribution in [0.3, 0.4) is 0 Å². The van der Waals surface area contributed by atoms with Crippen LogP contribution in [0, 0.1) is 11.8 Å². The highest BCUT2D eigenvalue weighted by Gasteiger charge is 2.20. The van der Waals surface area contributed by atoms with Crippen LogP contribution in [0.1, 0.15) is 57.8 Å². The lowest BCUT2D eigenvalue weighted by molar-refractivity contribution is 0.262. The molecule has 3 nitrogen and oxygen atoms in total. The highest BCUT2D eigenvalue weighted by Crippen LogP contribution is 2.25. The molecular weight excluding hydrogens is 260 g/mol. The average molecular weight is 292 g/mol. The van der Waals surface area contributed by atoms with Gasteiger partial charge >= 0.3 is 0 Å². The molecule has 0 aromatic carbocycles. The molecule has 2 heterocycles. The molecule has 1 fully saturated rings. The van der Waals surface area contributed by atoms with Crippen LogP contribution in [-0.2, 0) is 13.1 Å². The van der Waals surface area contributed by atoms with Gasteiger partial charge in [-0.1, -0.05) is 20.8 Å². The van der Waals surface area contributed by atoms with Crippen LogP contribution in [0.15, 0.2) is 16.7 Å². The maximum atomic E-state index is 5.65. The van der Waals surface area contributed by atoms with Crippen molar-refractivity contribution in [2.75, 3.05) is 19.6 Å². The van der Waals surface area contributed by atoms with E-state index in [0.717, 1.165) is 37.2 Å². The maximum Gasteiger partial charge on any atom is 0.122 e. The van der Waals surface area contributed by atoms with Gasteiger partial charge in [-0.25, -0.2) is 0 Å². The largest absolute Gasteiger partial charge is 0.468 e. The summed E-state index contributed by atoms with van der Waals surface area (Å²) in [6, 6.07) is 2.15. The quantitative estimate of drug-likeness (QED) is 0.769. The van der Waals surface area contributed by atoms with Crippen molar-refractivity contribution >= 4 is 0 Å². The summed E-state index contributed by atoms with van der Waals surface area (Å²) in [4.78, 5) is 2.61. The third kappa shape index (κ3) is 5.15. The minimum atomic E-state index is 0.827. The second-order valence-corrected chi connectivity index (χ2v) is 6.76. The normalized spacial score (nSPS) is 20.9. The monoisotopic (exact) mass is 292 g/mol. The zero-order valence-electron chi connectivity index (χ0n) is 14.0. The standard InChI is InChI=1S/C18H32N2O/c1-4-9-19-13-18-17(8-12-21-18)14-20-10-5-6-16(7-11-20)15(2)3/h8,12,15-16,19H,4-7,9-11,13-14H2,1-3H3. The first-order valence-corrected chi connectivity index (χ1v) is 8.69. The predicted molar refractivity (Wildman–Crippen MR) is 88.2 cm³/mol. The van der Waals surface area contributed by atoms with E-state index in [1.807, 2.05) is 6.26 Å². The molecule has 1 N–H and O–H groups in total. The van der Waals surface area contributed by atoms with Gasteiger partial charge in [-0.3, -0.25) is 4.90 Å². The van der Waals surface area contributed by atoms with Gasteiger partial charge in [-0.05, 0) is 63.2 Å². The van der Waals surface area contributed by atoms with Crippen molar-refractivity contribution in [3.8, 4) is 0 Å². The molecule has 1 aromatic heterocycles. The Kier molecular flexibility index (Phi) is 6.78.